The molecule has 3 nitrogen and oxygen atoms in total. The minimum absolute atomic E-state index is 0.00782. The summed E-state index contributed by atoms with van der Waals surface area (Å²) < 4.78 is 0. The van der Waals surface area contributed by atoms with Gasteiger partial charge in [0, 0.05) is 12.5 Å². The Morgan fingerprint density at radius 1 is 0.967 bits per heavy atom. The maximum absolute atomic E-state index is 13.5. The fourth-order valence-corrected chi connectivity index (χ4v) is 4.41. The third-order valence-electron chi connectivity index (χ3n) is 6.33. The molecule has 1 unspecified atom stereocenters. The van der Waals surface area contributed by atoms with Crippen LogP contribution in [0, 0.1) is 11.8 Å². The molecule has 0 spiro atoms. The van der Waals surface area contributed by atoms with Gasteiger partial charge >= 0.3 is 0 Å². The van der Waals surface area contributed by atoms with Crippen molar-refractivity contribution in [1.29, 1.82) is 0 Å². The van der Waals surface area contributed by atoms with Gasteiger partial charge in [0.25, 0.3) is 0 Å². The van der Waals surface area contributed by atoms with Gasteiger partial charge in [-0.15, -0.1) is 0 Å². The first-order valence-corrected chi connectivity index (χ1v) is 11.3. The van der Waals surface area contributed by atoms with Crippen LogP contribution in [0.1, 0.15) is 69.9 Å². The summed E-state index contributed by atoms with van der Waals surface area (Å²) >= 11 is 0. The Bertz CT molecular complexity index is 830. The summed E-state index contributed by atoms with van der Waals surface area (Å²) in [6.45, 7) is 8.71. The van der Waals surface area contributed by atoms with Gasteiger partial charge in [0.2, 0.25) is 5.91 Å². The average molecular weight is 406 g/mol. The molecule has 0 aliphatic heterocycles. The van der Waals surface area contributed by atoms with Crippen LogP contribution in [-0.2, 0) is 9.59 Å². The van der Waals surface area contributed by atoms with E-state index in [2.05, 4.69) is 57.2 Å². The number of amides is 1. The molecule has 0 N–H and O–H groups in total. The Labute approximate surface area is 181 Å². The molecule has 1 saturated carbocycles. The second kappa shape index (κ2) is 10.1. The molecule has 1 aliphatic carbocycles. The summed E-state index contributed by atoms with van der Waals surface area (Å²) in [7, 11) is 0. The van der Waals surface area contributed by atoms with Gasteiger partial charge in [-0.05, 0) is 55.1 Å². The molecular formula is C27H35NO2. The van der Waals surface area contributed by atoms with E-state index in [1.165, 1.54) is 11.1 Å². The molecule has 3 heteroatoms. The summed E-state index contributed by atoms with van der Waals surface area (Å²) in [4.78, 5) is 28.0. The first-order chi connectivity index (χ1) is 14.4. The molecule has 0 aromatic heterocycles. The van der Waals surface area contributed by atoms with Crippen LogP contribution < -0.4 is 0 Å². The Balaban J connectivity index is 1.75. The number of hydrogen-bond acceptors (Lipinski definition) is 2. The van der Waals surface area contributed by atoms with Crippen LogP contribution >= 0.6 is 0 Å². The number of hydrogen-bond donors (Lipinski definition) is 0. The first-order valence-electron chi connectivity index (χ1n) is 11.3. The van der Waals surface area contributed by atoms with Crippen molar-refractivity contribution in [2.24, 2.45) is 11.8 Å². The van der Waals surface area contributed by atoms with Crippen LogP contribution in [0.2, 0.25) is 0 Å². The zero-order chi connectivity index (χ0) is 21.7. The van der Waals surface area contributed by atoms with Gasteiger partial charge in [0.1, 0.15) is 0 Å². The highest BCUT2D eigenvalue weighted by atomic mass is 16.2. The van der Waals surface area contributed by atoms with Crippen LogP contribution in [0.15, 0.2) is 60.7 Å². The Morgan fingerprint density at radius 2 is 1.57 bits per heavy atom. The molecule has 30 heavy (non-hydrogen) atoms. The number of benzene rings is 2. The molecule has 1 fully saturated rings. The van der Waals surface area contributed by atoms with Crippen LogP contribution in [0.25, 0.3) is 0 Å². The molecule has 160 valence electrons. The SMILES string of the molecule is CC(=O)C(CC(C)C)N(CC[C@H](C)c1ccccc1)C(=O)[C@@H]1C[C@H]1c1ccccc1. The van der Waals surface area contributed by atoms with Crippen molar-refractivity contribution in [3.05, 3.63) is 71.8 Å². The topological polar surface area (TPSA) is 37.4 Å². The summed E-state index contributed by atoms with van der Waals surface area (Å²) in [6, 6.07) is 20.4. The van der Waals surface area contributed by atoms with E-state index in [4.69, 9.17) is 0 Å². The molecule has 0 saturated heterocycles. The van der Waals surface area contributed by atoms with Gasteiger partial charge in [-0.25, -0.2) is 0 Å². The van der Waals surface area contributed by atoms with E-state index in [-0.39, 0.29) is 23.7 Å². The number of carbonyl (C=O) groups excluding carboxylic acids is 2. The fourth-order valence-electron chi connectivity index (χ4n) is 4.41. The summed E-state index contributed by atoms with van der Waals surface area (Å²) in [5.41, 5.74) is 2.51. The Kier molecular flexibility index (Phi) is 7.47. The highest BCUT2D eigenvalue weighted by Crippen LogP contribution is 2.48. The van der Waals surface area contributed by atoms with Crippen molar-refractivity contribution in [3.63, 3.8) is 0 Å². The fraction of sp³-hybridized carbons (Fsp3) is 0.481. The van der Waals surface area contributed by atoms with Gasteiger partial charge < -0.3 is 4.90 Å². The smallest absolute Gasteiger partial charge is 0.226 e. The number of ketones is 1. The van der Waals surface area contributed by atoms with Crippen molar-refractivity contribution in [3.8, 4) is 0 Å². The number of nitrogens with zero attached hydrogens (tertiary/aromatic N) is 1. The van der Waals surface area contributed by atoms with Crippen LogP contribution in [0.3, 0.4) is 0 Å². The molecule has 2 aromatic rings. The Hall–Kier alpha value is -2.42. The molecule has 0 bridgehead atoms. The number of Topliss-reactive ketones (excluding diaryl/α,β-unsaturated/α-hetero) is 1. The van der Waals surface area contributed by atoms with Crippen LogP contribution in [0.5, 0.6) is 0 Å². The van der Waals surface area contributed by atoms with E-state index in [1.54, 1.807) is 6.92 Å². The normalized spacial score (nSPS) is 19.9. The van der Waals surface area contributed by atoms with Crippen molar-refractivity contribution < 1.29 is 9.59 Å². The lowest BCUT2D eigenvalue weighted by Gasteiger charge is -2.32. The third-order valence-corrected chi connectivity index (χ3v) is 6.33. The van der Waals surface area contributed by atoms with E-state index >= 15 is 0 Å². The van der Waals surface area contributed by atoms with Crippen molar-refractivity contribution >= 4 is 11.7 Å². The highest BCUT2D eigenvalue weighted by Gasteiger charge is 2.47. The van der Waals surface area contributed by atoms with Crippen LogP contribution in [0.4, 0.5) is 0 Å². The largest absolute Gasteiger partial charge is 0.332 e. The van der Waals surface area contributed by atoms with E-state index < -0.39 is 0 Å². The van der Waals surface area contributed by atoms with E-state index in [0.29, 0.717) is 24.3 Å². The molecule has 1 aliphatic rings. The molecule has 0 heterocycles. The number of rotatable bonds is 10. The zero-order valence-corrected chi connectivity index (χ0v) is 18.8. The van der Waals surface area contributed by atoms with Gasteiger partial charge in [-0.3, -0.25) is 9.59 Å². The maximum Gasteiger partial charge on any atom is 0.226 e. The molecule has 4 atom stereocenters. The zero-order valence-electron chi connectivity index (χ0n) is 18.8. The lowest BCUT2D eigenvalue weighted by Crippen LogP contribution is -2.46. The molecule has 3 rings (SSSR count). The number of carbonyl (C=O) groups is 2. The summed E-state index contributed by atoms with van der Waals surface area (Å²) in [6.07, 6.45) is 2.48. The quantitative estimate of drug-likeness (QED) is 0.500. The van der Waals surface area contributed by atoms with Crippen molar-refractivity contribution in [2.75, 3.05) is 6.54 Å². The van der Waals surface area contributed by atoms with Crippen molar-refractivity contribution in [2.45, 2.75) is 64.8 Å². The predicted molar refractivity (Wildman–Crippen MR) is 122 cm³/mol. The standard InChI is InChI=1S/C27H35NO2/c1-19(2)17-26(21(4)29)28(16-15-20(3)22-11-7-5-8-12-22)27(30)25-18-24(25)23-13-9-6-10-14-23/h5-14,19-20,24-26H,15-18H2,1-4H3/t20-,24-,25+,26?/m0/s1. The second-order valence-electron chi connectivity index (χ2n) is 9.25. The lowest BCUT2D eigenvalue weighted by molar-refractivity contribution is -0.140. The lowest BCUT2D eigenvalue weighted by atomic mass is 9.95. The van der Waals surface area contributed by atoms with Gasteiger partial charge in [0.15, 0.2) is 5.78 Å². The monoisotopic (exact) mass is 405 g/mol. The predicted octanol–water partition coefficient (Wildman–Crippen LogP) is 5.82. The van der Waals surface area contributed by atoms with Gasteiger partial charge in [-0.1, -0.05) is 81.4 Å². The second-order valence-corrected chi connectivity index (χ2v) is 9.25. The summed E-state index contributed by atoms with van der Waals surface area (Å²) in [5, 5.41) is 0. The molecular weight excluding hydrogens is 370 g/mol. The minimum Gasteiger partial charge on any atom is -0.332 e. The molecule has 2 aromatic carbocycles. The molecule has 1 amide bonds. The summed E-state index contributed by atoms with van der Waals surface area (Å²) in [5.74, 6) is 1.27. The minimum atomic E-state index is -0.322. The van der Waals surface area contributed by atoms with E-state index in [0.717, 1.165) is 19.3 Å². The van der Waals surface area contributed by atoms with E-state index in [1.807, 2.05) is 29.2 Å². The third kappa shape index (κ3) is 5.59. The maximum atomic E-state index is 13.5. The van der Waals surface area contributed by atoms with Gasteiger partial charge in [0.05, 0.1) is 6.04 Å². The van der Waals surface area contributed by atoms with Crippen LogP contribution in [-0.4, -0.2) is 29.2 Å². The first kappa shape index (κ1) is 22.3. The average Bonchev–Trinajstić information content (AvgIpc) is 3.54. The molecule has 0 radical (unpaired) electrons. The van der Waals surface area contributed by atoms with Gasteiger partial charge in [-0.2, -0.15) is 0 Å². The Morgan fingerprint density at radius 3 is 2.13 bits per heavy atom. The van der Waals surface area contributed by atoms with E-state index in [9.17, 15) is 9.59 Å². The van der Waals surface area contributed by atoms with Crippen molar-refractivity contribution in [1.82, 2.24) is 4.90 Å². The highest BCUT2D eigenvalue weighted by molar-refractivity contribution is 5.90.